The third kappa shape index (κ3) is 2.01. The highest BCUT2D eigenvalue weighted by Crippen LogP contribution is 2.34. The summed E-state index contributed by atoms with van der Waals surface area (Å²) in [5, 5.41) is 9.62. The molecule has 1 nitrogen and oxygen atoms in total. The van der Waals surface area contributed by atoms with Crippen LogP contribution in [0.5, 0.6) is 0 Å². The zero-order valence-corrected chi connectivity index (χ0v) is 13.5. The van der Waals surface area contributed by atoms with Crippen LogP contribution in [0, 0.1) is 13.8 Å². The maximum atomic E-state index is 4.18. The molecule has 3 rings (SSSR count). The quantitative estimate of drug-likeness (QED) is 0.727. The van der Waals surface area contributed by atoms with Gasteiger partial charge in [0.2, 0.25) is 0 Å². The topological polar surface area (TPSA) is 12.0 Å². The molecule has 0 saturated heterocycles. The Balaban J connectivity index is 2.57. The summed E-state index contributed by atoms with van der Waals surface area (Å²) in [4.78, 5) is 0. The average Bonchev–Trinajstić information content (AvgIpc) is 2.50. The summed E-state index contributed by atoms with van der Waals surface area (Å²) in [6.07, 6.45) is 3.86. The molecule has 0 aliphatic rings. The fraction of sp³-hybridized carbons (Fsp3) is 0.143. The van der Waals surface area contributed by atoms with Crippen LogP contribution in [0.3, 0.4) is 0 Å². The van der Waals surface area contributed by atoms with Crippen LogP contribution in [0.25, 0.3) is 33.3 Å². The highest BCUT2D eigenvalue weighted by atomic mass is 14.8. The van der Waals surface area contributed by atoms with Gasteiger partial charge < -0.3 is 5.32 Å². The van der Waals surface area contributed by atoms with Crippen molar-refractivity contribution in [1.82, 2.24) is 5.32 Å². The molecule has 1 heteroatoms. The minimum atomic E-state index is 0.894. The Hall–Kier alpha value is -2.54. The molecule has 0 unspecified atom stereocenters. The van der Waals surface area contributed by atoms with E-state index in [1.54, 1.807) is 6.20 Å². The Morgan fingerprint density at radius 3 is 2.50 bits per heavy atom. The monoisotopic (exact) mass is 287 g/mol. The van der Waals surface area contributed by atoms with Crippen molar-refractivity contribution in [3.05, 3.63) is 71.6 Å². The van der Waals surface area contributed by atoms with Crippen LogP contribution in [0.4, 0.5) is 0 Å². The molecule has 0 saturated carbocycles. The van der Waals surface area contributed by atoms with E-state index in [-0.39, 0.29) is 0 Å². The van der Waals surface area contributed by atoms with Gasteiger partial charge in [0.1, 0.15) is 0 Å². The van der Waals surface area contributed by atoms with E-state index in [0.717, 1.165) is 5.70 Å². The molecule has 1 N–H and O–H groups in total. The number of nitrogens with one attached hydrogen (secondary N) is 1. The summed E-state index contributed by atoms with van der Waals surface area (Å²) in [6.45, 7) is 14.3. The molecule has 0 fully saturated rings. The first-order valence-electron chi connectivity index (χ1n) is 7.57. The third-order valence-corrected chi connectivity index (χ3v) is 4.36. The van der Waals surface area contributed by atoms with Crippen LogP contribution in [0.2, 0.25) is 0 Å². The molecule has 0 bridgehead atoms. The van der Waals surface area contributed by atoms with Crippen LogP contribution in [-0.2, 0) is 0 Å². The van der Waals surface area contributed by atoms with Crippen molar-refractivity contribution >= 4 is 33.3 Å². The average molecular weight is 287 g/mol. The predicted molar refractivity (Wildman–Crippen MR) is 98.7 cm³/mol. The van der Waals surface area contributed by atoms with E-state index in [1.165, 1.54) is 43.5 Å². The molecule has 0 aliphatic carbocycles. The standard InChI is InChI=1S/C21H21N/c1-6-16-10-11-18-19(15(5)22-7-2)14(4)12-17-9-8-13(3)20(16)21(17)18/h6-12,22H,2,5H2,1,3-4H3/b16-6-. The fourth-order valence-corrected chi connectivity index (χ4v) is 3.41. The highest BCUT2D eigenvalue weighted by Gasteiger charge is 2.13. The van der Waals surface area contributed by atoms with E-state index < -0.39 is 0 Å². The van der Waals surface area contributed by atoms with Crippen LogP contribution >= 0.6 is 0 Å². The lowest BCUT2D eigenvalue weighted by Crippen LogP contribution is -2.08. The first-order chi connectivity index (χ1) is 10.6. The molecule has 0 spiro atoms. The number of hydrogen-bond acceptors (Lipinski definition) is 1. The van der Waals surface area contributed by atoms with E-state index >= 15 is 0 Å². The number of aryl methyl sites for hydroxylation is 2. The summed E-state index contributed by atoms with van der Waals surface area (Å²) in [7, 11) is 0. The summed E-state index contributed by atoms with van der Waals surface area (Å²) in [6, 6.07) is 11.1. The molecule has 110 valence electrons. The smallest absolute Gasteiger partial charge is 0.0389 e. The maximum Gasteiger partial charge on any atom is 0.0389 e. The van der Waals surface area contributed by atoms with Crippen molar-refractivity contribution in [1.29, 1.82) is 0 Å². The fourth-order valence-electron chi connectivity index (χ4n) is 3.41. The molecule has 3 aromatic carbocycles. The van der Waals surface area contributed by atoms with Crippen molar-refractivity contribution in [3.63, 3.8) is 0 Å². The lowest BCUT2D eigenvalue weighted by molar-refractivity contribution is 1.23. The Morgan fingerprint density at radius 1 is 1.05 bits per heavy atom. The number of benzene rings is 3. The highest BCUT2D eigenvalue weighted by molar-refractivity contribution is 6.15. The molecule has 3 aromatic rings. The van der Waals surface area contributed by atoms with Crippen molar-refractivity contribution < 1.29 is 0 Å². The minimum Gasteiger partial charge on any atom is -0.362 e. The zero-order valence-electron chi connectivity index (χ0n) is 13.5. The van der Waals surface area contributed by atoms with Crippen LogP contribution in [0.15, 0.2) is 49.7 Å². The lowest BCUT2D eigenvalue weighted by atomic mass is 9.89. The van der Waals surface area contributed by atoms with E-state index in [1.807, 2.05) is 0 Å². The van der Waals surface area contributed by atoms with Gasteiger partial charge in [-0.3, -0.25) is 0 Å². The molecule has 0 amide bonds. The van der Waals surface area contributed by atoms with Crippen LogP contribution in [-0.4, -0.2) is 0 Å². The van der Waals surface area contributed by atoms with Gasteiger partial charge in [0, 0.05) is 11.3 Å². The van der Waals surface area contributed by atoms with Gasteiger partial charge in [-0.25, -0.2) is 0 Å². The largest absolute Gasteiger partial charge is 0.362 e. The van der Waals surface area contributed by atoms with Gasteiger partial charge in [0.25, 0.3) is 0 Å². The Labute approximate surface area is 131 Å². The second-order valence-corrected chi connectivity index (χ2v) is 5.74. The molecule has 0 heterocycles. The van der Waals surface area contributed by atoms with Gasteiger partial charge in [0.15, 0.2) is 0 Å². The van der Waals surface area contributed by atoms with Crippen LogP contribution < -0.4 is 10.5 Å². The molecular formula is C21H21N. The third-order valence-electron chi connectivity index (χ3n) is 4.36. The maximum absolute atomic E-state index is 4.18. The Kier molecular flexibility index (Phi) is 3.50. The number of hydrogen-bond donors (Lipinski definition) is 1. The minimum absolute atomic E-state index is 0.894. The number of rotatable bonds is 3. The first kappa shape index (κ1) is 14.4. The summed E-state index contributed by atoms with van der Waals surface area (Å²) < 4.78 is 0. The van der Waals surface area contributed by atoms with E-state index in [9.17, 15) is 0 Å². The molecule has 0 aliphatic heterocycles. The van der Waals surface area contributed by atoms with Gasteiger partial charge >= 0.3 is 0 Å². The van der Waals surface area contributed by atoms with Gasteiger partial charge in [-0.05, 0) is 64.9 Å². The Bertz CT molecular complexity index is 961. The molecule has 0 aromatic heterocycles. The van der Waals surface area contributed by atoms with Crippen LogP contribution in [0.1, 0.15) is 23.6 Å². The van der Waals surface area contributed by atoms with Crippen molar-refractivity contribution in [2.75, 3.05) is 0 Å². The van der Waals surface area contributed by atoms with Gasteiger partial charge in [-0.15, -0.1) is 0 Å². The first-order valence-corrected chi connectivity index (χ1v) is 7.57. The second-order valence-electron chi connectivity index (χ2n) is 5.74. The van der Waals surface area contributed by atoms with Crippen molar-refractivity contribution in [2.24, 2.45) is 0 Å². The summed E-state index contributed by atoms with van der Waals surface area (Å²) >= 11 is 0. The lowest BCUT2D eigenvalue weighted by Gasteiger charge is -2.17. The van der Waals surface area contributed by atoms with Gasteiger partial charge in [0.05, 0.1) is 0 Å². The summed E-state index contributed by atoms with van der Waals surface area (Å²) in [5.74, 6) is 0. The Morgan fingerprint density at radius 2 is 1.82 bits per heavy atom. The molecule has 0 atom stereocenters. The van der Waals surface area contributed by atoms with E-state index in [2.05, 4.69) is 75.7 Å². The molecular weight excluding hydrogens is 266 g/mol. The summed E-state index contributed by atoms with van der Waals surface area (Å²) in [5.41, 5.74) is 4.60. The second kappa shape index (κ2) is 5.34. The van der Waals surface area contributed by atoms with Gasteiger partial charge in [-0.2, -0.15) is 0 Å². The van der Waals surface area contributed by atoms with Crippen molar-refractivity contribution in [3.8, 4) is 0 Å². The SMILES string of the molecule is C=CNC(=C)c1c(C)cc2ccc(C)c3/c(=C\C)ccc1c23. The van der Waals surface area contributed by atoms with E-state index in [0.29, 0.717) is 0 Å². The normalized spacial score (nSPS) is 12.0. The molecule has 22 heavy (non-hydrogen) atoms. The van der Waals surface area contributed by atoms with Gasteiger partial charge in [-0.1, -0.05) is 49.6 Å². The zero-order chi connectivity index (χ0) is 15.9. The molecule has 0 radical (unpaired) electrons. The van der Waals surface area contributed by atoms with E-state index in [4.69, 9.17) is 0 Å². The van der Waals surface area contributed by atoms with Crippen molar-refractivity contribution in [2.45, 2.75) is 20.8 Å². The predicted octanol–water partition coefficient (Wildman–Crippen LogP) is 4.83.